The zero-order chi connectivity index (χ0) is 16.7. The van der Waals surface area contributed by atoms with Gasteiger partial charge in [-0.1, -0.05) is 0 Å². The van der Waals surface area contributed by atoms with E-state index < -0.39 is 0 Å². The number of ether oxygens (including phenoxy) is 5. The Bertz CT molecular complexity index is 293. The molecular formula is C17H34O5. The molecule has 4 atom stereocenters. The Kier molecular flexibility index (Phi) is 8.87. The van der Waals surface area contributed by atoms with E-state index in [9.17, 15) is 0 Å². The molecule has 22 heavy (non-hydrogen) atoms. The van der Waals surface area contributed by atoms with E-state index in [1.807, 2.05) is 48.5 Å². The summed E-state index contributed by atoms with van der Waals surface area (Å²) in [6, 6.07) is 0. The van der Waals surface area contributed by atoms with Crippen molar-refractivity contribution in [2.45, 2.75) is 91.2 Å². The SMILES string of the molecule is CCOCC(OC(C)C)C1OCC(OC(C)C)C1OC(C)C. The molecule has 0 amide bonds. The van der Waals surface area contributed by atoms with E-state index in [4.69, 9.17) is 23.7 Å². The molecule has 1 fully saturated rings. The van der Waals surface area contributed by atoms with Crippen molar-refractivity contribution >= 4 is 0 Å². The van der Waals surface area contributed by atoms with Crippen LogP contribution in [0.25, 0.3) is 0 Å². The average molecular weight is 318 g/mol. The maximum absolute atomic E-state index is 6.09. The summed E-state index contributed by atoms with van der Waals surface area (Å²) in [5, 5.41) is 0. The summed E-state index contributed by atoms with van der Waals surface area (Å²) in [6.07, 6.45) is -0.150. The molecule has 0 aromatic rings. The molecule has 5 heteroatoms. The Balaban J connectivity index is 2.80. The highest BCUT2D eigenvalue weighted by Gasteiger charge is 2.45. The fourth-order valence-corrected chi connectivity index (χ4v) is 2.67. The molecule has 1 saturated heterocycles. The lowest BCUT2D eigenvalue weighted by Gasteiger charge is -2.32. The van der Waals surface area contributed by atoms with Gasteiger partial charge < -0.3 is 23.7 Å². The molecule has 1 aliphatic heterocycles. The van der Waals surface area contributed by atoms with Gasteiger partial charge in [0.1, 0.15) is 24.4 Å². The third-order valence-corrected chi connectivity index (χ3v) is 3.32. The summed E-state index contributed by atoms with van der Waals surface area (Å²) in [5.74, 6) is 0. The molecule has 0 N–H and O–H groups in total. The summed E-state index contributed by atoms with van der Waals surface area (Å²) < 4.78 is 29.6. The molecule has 1 rings (SSSR count). The van der Waals surface area contributed by atoms with E-state index in [0.717, 1.165) is 0 Å². The van der Waals surface area contributed by atoms with E-state index in [0.29, 0.717) is 19.8 Å². The van der Waals surface area contributed by atoms with Gasteiger partial charge in [-0.2, -0.15) is 0 Å². The predicted octanol–water partition coefficient (Wildman–Crippen LogP) is 2.80. The molecule has 0 bridgehead atoms. The Morgan fingerprint density at radius 3 is 2.09 bits per heavy atom. The first kappa shape index (κ1) is 19.8. The number of hydrogen-bond donors (Lipinski definition) is 0. The second kappa shape index (κ2) is 9.83. The van der Waals surface area contributed by atoms with Crippen LogP contribution in [-0.4, -0.2) is 62.5 Å². The smallest absolute Gasteiger partial charge is 0.115 e. The average Bonchev–Trinajstić information content (AvgIpc) is 2.76. The largest absolute Gasteiger partial charge is 0.379 e. The first-order valence-electron chi connectivity index (χ1n) is 8.50. The van der Waals surface area contributed by atoms with Gasteiger partial charge in [0.25, 0.3) is 0 Å². The molecule has 0 saturated carbocycles. The molecule has 0 aromatic carbocycles. The van der Waals surface area contributed by atoms with Crippen LogP contribution in [-0.2, 0) is 23.7 Å². The van der Waals surface area contributed by atoms with Crippen LogP contribution >= 0.6 is 0 Å². The van der Waals surface area contributed by atoms with Crippen LogP contribution in [0.3, 0.4) is 0 Å². The molecule has 5 nitrogen and oxygen atoms in total. The molecule has 1 heterocycles. The van der Waals surface area contributed by atoms with E-state index >= 15 is 0 Å². The molecule has 1 aliphatic rings. The van der Waals surface area contributed by atoms with Gasteiger partial charge >= 0.3 is 0 Å². The minimum absolute atomic E-state index is 0.0627. The highest BCUT2D eigenvalue weighted by atomic mass is 16.6. The van der Waals surface area contributed by atoms with Crippen molar-refractivity contribution in [3.05, 3.63) is 0 Å². The molecular weight excluding hydrogens is 284 g/mol. The zero-order valence-corrected chi connectivity index (χ0v) is 15.2. The van der Waals surface area contributed by atoms with Crippen LogP contribution in [0.15, 0.2) is 0 Å². The van der Waals surface area contributed by atoms with Crippen LogP contribution in [0, 0.1) is 0 Å². The van der Waals surface area contributed by atoms with Gasteiger partial charge in [0, 0.05) is 6.61 Å². The summed E-state index contributed by atoms with van der Waals surface area (Å²) in [4.78, 5) is 0. The van der Waals surface area contributed by atoms with Crippen LogP contribution in [0.4, 0.5) is 0 Å². The van der Waals surface area contributed by atoms with Crippen LogP contribution in [0.1, 0.15) is 48.5 Å². The second-order valence-electron chi connectivity index (χ2n) is 6.55. The maximum Gasteiger partial charge on any atom is 0.115 e. The van der Waals surface area contributed by atoms with Crippen molar-refractivity contribution < 1.29 is 23.7 Å². The van der Waals surface area contributed by atoms with Crippen molar-refractivity contribution in [1.29, 1.82) is 0 Å². The van der Waals surface area contributed by atoms with E-state index in [1.165, 1.54) is 0 Å². The van der Waals surface area contributed by atoms with Crippen molar-refractivity contribution in [3.8, 4) is 0 Å². The Labute approximate surface area is 135 Å². The van der Waals surface area contributed by atoms with Crippen molar-refractivity contribution in [1.82, 2.24) is 0 Å². The van der Waals surface area contributed by atoms with Crippen LogP contribution in [0.5, 0.6) is 0 Å². The monoisotopic (exact) mass is 318 g/mol. The highest BCUT2D eigenvalue weighted by Crippen LogP contribution is 2.27. The Hall–Kier alpha value is -0.200. The molecule has 0 aliphatic carbocycles. The lowest BCUT2D eigenvalue weighted by Crippen LogP contribution is -2.46. The quantitative estimate of drug-likeness (QED) is 0.620. The van der Waals surface area contributed by atoms with E-state index in [-0.39, 0.29) is 42.7 Å². The minimum Gasteiger partial charge on any atom is -0.379 e. The summed E-state index contributed by atoms with van der Waals surface area (Å²) in [5.41, 5.74) is 0. The van der Waals surface area contributed by atoms with Crippen LogP contribution in [0.2, 0.25) is 0 Å². The normalized spacial score (nSPS) is 27.3. The highest BCUT2D eigenvalue weighted by molar-refractivity contribution is 4.92. The molecule has 0 aromatic heterocycles. The van der Waals surface area contributed by atoms with E-state index in [2.05, 4.69) is 0 Å². The molecule has 0 radical (unpaired) electrons. The summed E-state index contributed by atoms with van der Waals surface area (Å²) in [7, 11) is 0. The van der Waals surface area contributed by atoms with Gasteiger partial charge in [0.15, 0.2) is 0 Å². The van der Waals surface area contributed by atoms with Crippen molar-refractivity contribution in [2.24, 2.45) is 0 Å². The molecule has 4 unspecified atom stereocenters. The lowest BCUT2D eigenvalue weighted by molar-refractivity contribution is -0.151. The third kappa shape index (κ3) is 6.50. The second-order valence-corrected chi connectivity index (χ2v) is 6.55. The Morgan fingerprint density at radius 1 is 0.955 bits per heavy atom. The first-order valence-corrected chi connectivity index (χ1v) is 8.50. The lowest BCUT2D eigenvalue weighted by atomic mass is 10.1. The van der Waals surface area contributed by atoms with Gasteiger partial charge in [-0.25, -0.2) is 0 Å². The summed E-state index contributed by atoms with van der Waals surface area (Å²) in [6.45, 7) is 15.8. The number of hydrogen-bond acceptors (Lipinski definition) is 5. The van der Waals surface area contributed by atoms with E-state index in [1.54, 1.807) is 0 Å². The third-order valence-electron chi connectivity index (χ3n) is 3.32. The van der Waals surface area contributed by atoms with Gasteiger partial charge in [-0.15, -0.1) is 0 Å². The fourth-order valence-electron chi connectivity index (χ4n) is 2.67. The number of rotatable bonds is 10. The fraction of sp³-hybridized carbons (Fsp3) is 1.00. The first-order chi connectivity index (χ1) is 10.3. The minimum atomic E-state index is -0.167. The molecule has 132 valence electrons. The Morgan fingerprint density at radius 2 is 1.59 bits per heavy atom. The standard InChI is InChI=1S/C17H34O5/c1-8-18-9-14(20-11(2)3)16-17(22-13(6)7)15(10-19-16)21-12(4)5/h11-17H,8-10H2,1-7H3. The summed E-state index contributed by atoms with van der Waals surface area (Å²) >= 11 is 0. The topological polar surface area (TPSA) is 46.2 Å². The predicted molar refractivity (Wildman–Crippen MR) is 86.3 cm³/mol. The van der Waals surface area contributed by atoms with Crippen molar-refractivity contribution in [2.75, 3.05) is 19.8 Å². The zero-order valence-electron chi connectivity index (χ0n) is 15.2. The van der Waals surface area contributed by atoms with Gasteiger partial charge in [0.2, 0.25) is 0 Å². The van der Waals surface area contributed by atoms with Gasteiger partial charge in [-0.3, -0.25) is 0 Å². The van der Waals surface area contributed by atoms with Gasteiger partial charge in [0.05, 0.1) is 31.5 Å². The maximum atomic E-state index is 6.09. The molecule has 0 spiro atoms. The van der Waals surface area contributed by atoms with Crippen molar-refractivity contribution in [3.63, 3.8) is 0 Å². The van der Waals surface area contributed by atoms with Gasteiger partial charge in [-0.05, 0) is 48.5 Å². The van der Waals surface area contributed by atoms with Crippen LogP contribution < -0.4 is 0 Å².